The van der Waals surface area contributed by atoms with Crippen LogP contribution in [0.3, 0.4) is 0 Å². The molecule has 0 radical (unpaired) electrons. The Morgan fingerprint density at radius 1 is 1.14 bits per heavy atom. The van der Waals surface area contributed by atoms with Crippen molar-refractivity contribution in [2.24, 2.45) is 0 Å². The number of allylic oxidation sites excluding steroid dienone is 1. The van der Waals surface area contributed by atoms with E-state index in [-0.39, 0.29) is 6.10 Å². The molecule has 0 fully saturated rings. The van der Waals surface area contributed by atoms with Gasteiger partial charge in [0, 0.05) is 0 Å². The lowest BCUT2D eigenvalue weighted by molar-refractivity contribution is 0.123. The van der Waals surface area contributed by atoms with E-state index in [2.05, 4.69) is 42.5 Å². The predicted molar refractivity (Wildman–Crippen MR) is 90.5 cm³/mol. The van der Waals surface area contributed by atoms with E-state index in [4.69, 9.17) is 4.74 Å². The number of benzene rings is 2. The first-order valence-corrected chi connectivity index (χ1v) is 7.64. The summed E-state index contributed by atoms with van der Waals surface area (Å²) in [5, 5.41) is 9.64. The molecule has 0 aromatic heterocycles. The van der Waals surface area contributed by atoms with E-state index in [1.807, 2.05) is 18.2 Å². The lowest BCUT2D eigenvalue weighted by atomic mass is 9.97. The van der Waals surface area contributed by atoms with Crippen molar-refractivity contribution >= 4 is 11.6 Å². The third-order valence-corrected chi connectivity index (χ3v) is 3.81. The molecular formula is C20H20O2. The quantitative estimate of drug-likeness (QED) is 0.641. The molecule has 0 aliphatic carbocycles. The smallest absolute Gasteiger partial charge is 0.116 e. The molecule has 2 aromatic carbocycles. The van der Waals surface area contributed by atoms with Gasteiger partial charge in [0.05, 0.1) is 12.7 Å². The second-order valence-corrected chi connectivity index (χ2v) is 5.47. The van der Waals surface area contributed by atoms with E-state index in [1.165, 1.54) is 11.1 Å². The fourth-order valence-corrected chi connectivity index (χ4v) is 2.69. The van der Waals surface area contributed by atoms with Gasteiger partial charge in [0.15, 0.2) is 0 Å². The van der Waals surface area contributed by atoms with Crippen molar-refractivity contribution in [3.63, 3.8) is 0 Å². The summed E-state index contributed by atoms with van der Waals surface area (Å²) < 4.78 is 5.63. The van der Waals surface area contributed by atoms with Crippen LogP contribution in [0.1, 0.15) is 24.0 Å². The minimum absolute atomic E-state index is 0.219. The first-order valence-electron chi connectivity index (χ1n) is 7.64. The molecule has 0 spiro atoms. The molecule has 0 unspecified atom stereocenters. The third-order valence-electron chi connectivity index (χ3n) is 3.81. The Kier molecular flexibility index (Phi) is 4.71. The molecule has 22 heavy (non-hydrogen) atoms. The van der Waals surface area contributed by atoms with Crippen molar-refractivity contribution in [3.05, 3.63) is 77.9 Å². The van der Waals surface area contributed by atoms with Crippen molar-refractivity contribution < 1.29 is 9.84 Å². The number of ether oxygens (including phenoxy) is 1. The average molecular weight is 292 g/mol. The molecule has 1 atom stereocenters. The Morgan fingerprint density at radius 2 is 2.00 bits per heavy atom. The fourth-order valence-electron chi connectivity index (χ4n) is 2.69. The van der Waals surface area contributed by atoms with Crippen molar-refractivity contribution in [1.82, 2.24) is 0 Å². The number of hydrogen-bond donors (Lipinski definition) is 1. The van der Waals surface area contributed by atoms with Gasteiger partial charge >= 0.3 is 0 Å². The fraction of sp³-hybridized carbons (Fsp3) is 0.200. The summed E-state index contributed by atoms with van der Waals surface area (Å²) in [5.41, 5.74) is 3.49. The molecule has 1 N–H and O–H groups in total. The lowest BCUT2D eigenvalue weighted by Gasteiger charge is -2.12. The summed E-state index contributed by atoms with van der Waals surface area (Å²) in [6.45, 7) is 0.724. The number of rotatable bonds is 5. The van der Waals surface area contributed by atoms with Gasteiger partial charge in [-0.05, 0) is 41.7 Å². The zero-order valence-electron chi connectivity index (χ0n) is 12.5. The standard InChI is InChI=1S/C20H20O2/c21-19-9-4-6-16(15-19)14-18(17-7-2-1-3-8-17)11-12-20-10-5-13-22-20/h1-10,14-15,20-21H,11-13H2/b18-14-/t20-/m0/s1. The number of hydrogen-bond acceptors (Lipinski definition) is 2. The SMILES string of the molecule is Oc1cccc(/C=C(/CC[C@@H]2C=CCO2)c2ccccc2)c1. The Hall–Kier alpha value is -2.32. The van der Waals surface area contributed by atoms with E-state index in [0.717, 1.165) is 25.0 Å². The first kappa shape index (κ1) is 14.6. The second kappa shape index (κ2) is 7.10. The molecule has 2 aromatic rings. The summed E-state index contributed by atoms with van der Waals surface area (Å²) >= 11 is 0. The van der Waals surface area contributed by atoms with Crippen molar-refractivity contribution in [1.29, 1.82) is 0 Å². The van der Waals surface area contributed by atoms with Gasteiger partial charge in [0.2, 0.25) is 0 Å². The molecule has 2 nitrogen and oxygen atoms in total. The highest BCUT2D eigenvalue weighted by Gasteiger charge is 2.11. The van der Waals surface area contributed by atoms with Crippen LogP contribution in [0.5, 0.6) is 5.75 Å². The molecule has 1 heterocycles. The molecule has 3 rings (SSSR count). The minimum Gasteiger partial charge on any atom is -0.508 e. The maximum atomic E-state index is 9.64. The lowest BCUT2D eigenvalue weighted by Crippen LogP contribution is -2.04. The van der Waals surface area contributed by atoms with Crippen molar-refractivity contribution in [2.75, 3.05) is 6.61 Å². The highest BCUT2D eigenvalue weighted by molar-refractivity contribution is 5.81. The topological polar surface area (TPSA) is 29.5 Å². The number of phenolic OH excluding ortho intramolecular Hbond substituents is 1. The molecule has 1 aliphatic rings. The van der Waals surface area contributed by atoms with Crippen LogP contribution in [0.25, 0.3) is 11.6 Å². The van der Waals surface area contributed by atoms with Gasteiger partial charge in [0.25, 0.3) is 0 Å². The van der Waals surface area contributed by atoms with Crippen molar-refractivity contribution in [3.8, 4) is 5.75 Å². The van der Waals surface area contributed by atoms with Gasteiger partial charge in [-0.2, -0.15) is 0 Å². The molecule has 2 heteroatoms. The van der Waals surface area contributed by atoms with Gasteiger partial charge < -0.3 is 9.84 Å². The van der Waals surface area contributed by atoms with Gasteiger partial charge in [-0.25, -0.2) is 0 Å². The summed E-state index contributed by atoms with van der Waals surface area (Å²) in [7, 11) is 0. The van der Waals surface area contributed by atoms with Crippen LogP contribution in [0.2, 0.25) is 0 Å². The largest absolute Gasteiger partial charge is 0.508 e. The highest BCUT2D eigenvalue weighted by atomic mass is 16.5. The Morgan fingerprint density at radius 3 is 2.73 bits per heavy atom. The van der Waals surface area contributed by atoms with Crippen LogP contribution < -0.4 is 0 Å². The van der Waals surface area contributed by atoms with Gasteiger partial charge in [-0.15, -0.1) is 0 Å². The zero-order chi connectivity index (χ0) is 15.2. The number of phenols is 1. The van der Waals surface area contributed by atoms with Gasteiger partial charge in [-0.1, -0.05) is 60.7 Å². The summed E-state index contributed by atoms with van der Waals surface area (Å²) in [6, 6.07) is 17.7. The van der Waals surface area contributed by atoms with E-state index < -0.39 is 0 Å². The molecule has 112 valence electrons. The maximum absolute atomic E-state index is 9.64. The van der Waals surface area contributed by atoms with Crippen LogP contribution >= 0.6 is 0 Å². The van der Waals surface area contributed by atoms with E-state index in [0.29, 0.717) is 5.75 Å². The number of aromatic hydroxyl groups is 1. The Balaban J connectivity index is 1.83. The second-order valence-electron chi connectivity index (χ2n) is 5.47. The summed E-state index contributed by atoms with van der Waals surface area (Å²) in [6.07, 6.45) is 8.48. The monoisotopic (exact) mass is 292 g/mol. The normalized spacial score (nSPS) is 17.8. The molecule has 0 bridgehead atoms. The summed E-state index contributed by atoms with van der Waals surface area (Å²) in [4.78, 5) is 0. The Labute approximate surface area is 131 Å². The van der Waals surface area contributed by atoms with Crippen LogP contribution in [-0.2, 0) is 4.74 Å². The van der Waals surface area contributed by atoms with Crippen LogP contribution in [0.4, 0.5) is 0 Å². The van der Waals surface area contributed by atoms with E-state index >= 15 is 0 Å². The predicted octanol–water partition coefficient (Wildman–Crippen LogP) is 4.67. The summed E-state index contributed by atoms with van der Waals surface area (Å²) in [5.74, 6) is 0.295. The third kappa shape index (κ3) is 3.86. The maximum Gasteiger partial charge on any atom is 0.116 e. The Bertz CT molecular complexity index is 671. The molecule has 1 aliphatic heterocycles. The zero-order valence-corrected chi connectivity index (χ0v) is 12.5. The molecule has 0 saturated heterocycles. The van der Waals surface area contributed by atoms with Crippen molar-refractivity contribution in [2.45, 2.75) is 18.9 Å². The van der Waals surface area contributed by atoms with Gasteiger partial charge in [-0.3, -0.25) is 0 Å². The molecular weight excluding hydrogens is 272 g/mol. The van der Waals surface area contributed by atoms with E-state index in [1.54, 1.807) is 12.1 Å². The molecule has 0 amide bonds. The van der Waals surface area contributed by atoms with Crippen LogP contribution in [0.15, 0.2) is 66.7 Å². The molecule has 0 saturated carbocycles. The van der Waals surface area contributed by atoms with Crippen LogP contribution in [0, 0.1) is 0 Å². The van der Waals surface area contributed by atoms with Crippen LogP contribution in [-0.4, -0.2) is 17.8 Å². The van der Waals surface area contributed by atoms with Gasteiger partial charge in [0.1, 0.15) is 5.75 Å². The highest BCUT2D eigenvalue weighted by Crippen LogP contribution is 2.26. The average Bonchev–Trinajstić information content (AvgIpc) is 3.06. The van der Waals surface area contributed by atoms with E-state index in [9.17, 15) is 5.11 Å². The first-order chi connectivity index (χ1) is 10.8. The minimum atomic E-state index is 0.219.